The Morgan fingerprint density at radius 1 is 1.42 bits per heavy atom. The highest BCUT2D eigenvalue weighted by Crippen LogP contribution is 2.28. The number of benzene rings is 1. The van der Waals surface area contributed by atoms with E-state index < -0.39 is 16.0 Å². The Balaban J connectivity index is 3.19. The van der Waals surface area contributed by atoms with Crippen molar-refractivity contribution in [3.05, 3.63) is 28.8 Å². The molecule has 0 aromatic heterocycles. The van der Waals surface area contributed by atoms with Crippen LogP contribution in [0.4, 0.5) is 5.69 Å². The van der Waals surface area contributed by atoms with Gasteiger partial charge in [-0.2, -0.15) is 0 Å². The lowest BCUT2D eigenvalue weighted by Gasteiger charge is -2.23. The third-order valence-corrected chi connectivity index (χ3v) is 4.02. The van der Waals surface area contributed by atoms with E-state index in [4.69, 9.17) is 16.3 Å². The van der Waals surface area contributed by atoms with E-state index in [9.17, 15) is 13.2 Å². The molecule has 1 aromatic carbocycles. The second-order valence-electron chi connectivity index (χ2n) is 3.96. The van der Waals surface area contributed by atoms with Gasteiger partial charge in [0.15, 0.2) is 0 Å². The molecule has 0 aliphatic heterocycles. The van der Waals surface area contributed by atoms with E-state index in [0.29, 0.717) is 16.3 Å². The van der Waals surface area contributed by atoms with Gasteiger partial charge in [0.2, 0.25) is 10.0 Å². The predicted octanol–water partition coefficient (Wildman–Crippen LogP) is 1.98. The SMILES string of the molecule is CCOC(=O)CN(c1cccc(Cl)c1C)S(C)(=O)=O. The first-order valence-corrected chi connectivity index (χ1v) is 7.88. The molecule has 0 fully saturated rings. The molecule has 0 unspecified atom stereocenters. The van der Waals surface area contributed by atoms with E-state index in [2.05, 4.69) is 0 Å². The minimum absolute atomic E-state index is 0.199. The van der Waals surface area contributed by atoms with Crippen molar-refractivity contribution in [3.8, 4) is 0 Å². The Labute approximate surface area is 118 Å². The molecular weight excluding hydrogens is 290 g/mol. The van der Waals surface area contributed by atoms with Crippen LogP contribution in [0.2, 0.25) is 5.02 Å². The van der Waals surface area contributed by atoms with Crippen LogP contribution in [0, 0.1) is 6.92 Å². The molecule has 0 spiro atoms. The van der Waals surface area contributed by atoms with Gasteiger partial charge in [0.05, 0.1) is 18.6 Å². The van der Waals surface area contributed by atoms with Gasteiger partial charge in [-0.1, -0.05) is 17.7 Å². The van der Waals surface area contributed by atoms with Crippen LogP contribution in [-0.4, -0.2) is 33.8 Å². The third-order valence-electron chi connectivity index (χ3n) is 2.49. The summed E-state index contributed by atoms with van der Waals surface area (Å²) >= 11 is 5.97. The molecule has 0 saturated carbocycles. The highest BCUT2D eigenvalue weighted by molar-refractivity contribution is 7.92. The Morgan fingerprint density at radius 2 is 2.05 bits per heavy atom. The van der Waals surface area contributed by atoms with Crippen LogP contribution in [0.1, 0.15) is 12.5 Å². The second kappa shape index (κ2) is 6.25. The number of ether oxygens (including phenoxy) is 1. The lowest BCUT2D eigenvalue weighted by molar-refractivity contribution is -0.141. The van der Waals surface area contributed by atoms with Gasteiger partial charge in [-0.25, -0.2) is 8.42 Å². The Hall–Kier alpha value is -1.27. The van der Waals surface area contributed by atoms with E-state index in [1.807, 2.05) is 0 Å². The second-order valence-corrected chi connectivity index (χ2v) is 6.27. The molecule has 0 aliphatic rings. The summed E-state index contributed by atoms with van der Waals surface area (Å²) in [6.45, 7) is 3.19. The molecule has 1 rings (SSSR count). The van der Waals surface area contributed by atoms with Gasteiger partial charge in [-0.05, 0) is 31.5 Å². The van der Waals surface area contributed by atoms with E-state index in [1.54, 1.807) is 32.0 Å². The first-order valence-electron chi connectivity index (χ1n) is 5.65. The summed E-state index contributed by atoms with van der Waals surface area (Å²) in [5, 5.41) is 0.440. The topological polar surface area (TPSA) is 63.7 Å². The zero-order valence-corrected chi connectivity index (χ0v) is 12.6. The number of rotatable bonds is 5. The predicted molar refractivity (Wildman–Crippen MR) is 75.0 cm³/mol. The smallest absolute Gasteiger partial charge is 0.326 e. The van der Waals surface area contributed by atoms with Crippen molar-refractivity contribution in [1.82, 2.24) is 0 Å². The minimum atomic E-state index is -3.60. The molecule has 0 amide bonds. The van der Waals surface area contributed by atoms with Gasteiger partial charge in [0, 0.05) is 5.02 Å². The summed E-state index contributed by atoms with van der Waals surface area (Å²) in [7, 11) is -3.60. The maximum Gasteiger partial charge on any atom is 0.326 e. The number of hydrogen-bond acceptors (Lipinski definition) is 4. The molecule has 0 N–H and O–H groups in total. The number of esters is 1. The van der Waals surface area contributed by atoms with Gasteiger partial charge >= 0.3 is 5.97 Å². The van der Waals surface area contributed by atoms with Crippen LogP contribution < -0.4 is 4.31 Å². The zero-order valence-electron chi connectivity index (χ0n) is 11.0. The van der Waals surface area contributed by atoms with E-state index in [0.717, 1.165) is 10.6 Å². The molecule has 106 valence electrons. The normalized spacial score (nSPS) is 11.2. The number of sulfonamides is 1. The Morgan fingerprint density at radius 3 is 2.58 bits per heavy atom. The van der Waals surface area contributed by atoms with E-state index >= 15 is 0 Å². The lowest BCUT2D eigenvalue weighted by atomic mass is 10.2. The highest BCUT2D eigenvalue weighted by atomic mass is 35.5. The first-order chi connectivity index (χ1) is 8.77. The summed E-state index contributed by atoms with van der Waals surface area (Å²) in [6, 6.07) is 4.89. The largest absolute Gasteiger partial charge is 0.465 e. The van der Waals surface area contributed by atoms with E-state index in [-0.39, 0.29) is 13.2 Å². The number of carbonyl (C=O) groups excluding carboxylic acids is 1. The maximum absolute atomic E-state index is 11.8. The average molecular weight is 306 g/mol. The zero-order chi connectivity index (χ0) is 14.6. The minimum Gasteiger partial charge on any atom is -0.465 e. The number of nitrogens with zero attached hydrogens (tertiary/aromatic N) is 1. The monoisotopic (exact) mass is 305 g/mol. The van der Waals surface area contributed by atoms with Gasteiger partial charge in [-0.3, -0.25) is 9.10 Å². The Kier molecular flexibility index (Phi) is 5.20. The number of carbonyl (C=O) groups is 1. The molecule has 0 atom stereocenters. The van der Waals surface area contributed by atoms with Crippen LogP contribution in [0.3, 0.4) is 0 Å². The van der Waals surface area contributed by atoms with Crippen molar-refractivity contribution < 1.29 is 17.9 Å². The van der Waals surface area contributed by atoms with Crippen LogP contribution in [0.15, 0.2) is 18.2 Å². The molecule has 0 radical (unpaired) electrons. The molecule has 1 aromatic rings. The summed E-state index contributed by atoms with van der Waals surface area (Å²) in [5.74, 6) is -0.604. The molecular formula is C12H16ClNO4S. The van der Waals surface area contributed by atoms with Gasteiger partial charge in [0.1, 0.15) is 6.54 Å². The highest BCUT2D eigenvalue weighted by Gasteiger charge is 2.23. The molecule has 0 aliphatic carbocycles. The summed E-state index contributed by atoms with van der Waals surface area (Å²) in [4.78, 5) is 11.5. The molecule has 0 bridgehead atoms. The number of hydrogen-bond donors (Lipinski definition) is 0. The van der Waals surface area contributed by atoms with Gasteiger partial charge < -0.3 is 4.74 Å². The summed E-state index contributed by atoms with van der Waals surface area (Å²) < 4.78 is 29.4. The molecule has 19 heavy (non-hydrogen) atoms. The van der Waals surface area contributed by atoms with Crippen LogP contribution in [0.25, 0.3) is 0 Å². The first kappa shape index (κ1) is 15.8. The van der Waals surface area contributed by atoms with Crippen LogP contribution in [0.5, 0.6) is 0 Å². The van der Waals surface area contributed by atoms with Gasteiger partial charge in [0.25, 0.3) is 0 Å². The van der Waals surface area contributed by atoms with Crippen molar-refractivity contribution in [3.63, 3.8) is 0 Å². The number of halogens is 1. The molecule has 0 saturated heterocycles. The standard InChI is InChI=1S/C12H16ClNO4S/c1-4-18-12(15)8-14(19(3,16)17)11-7-5-6-10(13)9(11)2/h5-7H,4,8H2,1-3H3. The van der Waals surface area contributed by atoms with Crippen molar-refractivity contribution in [1.29, 1.82) is 0 Å². The molecule has 0 heterocycles. The quantitative estimate of drug-likeness (QED) is 0.780. The Bertz CT molecular complexity index is 571. The maximum atomic E-state index is 11.8. The fourth-order valence-corrected chi connectivity index (χ4v) is 2.64. The fraction of sp³-hybridized carbons (Fsp3) is 0.417. The van der Waals surface area contributed by atoms with E-state index in [1.165, 1.54) is 0 Å². The fourth-order valence-electron chi connectivity index (χ4n) is 1.57. The van der Waals surface area contributed by atoms with Crippen molar-refractivity contribution in [2.45, 2.75) is 13.8 Å². The van der Waals surface area contributed by atoms with Crippen LogP contribution >= 0.6 is 11.6 Å². The summed E-state index contributed by atoms with van der Waals surface area (Å²) in [6.07, 6.45) is 1.03. The van der Waals surface area contributed by atoms with Crippen molar-refractivity contribution in [2.24, 2.45) is 0 Å². The van der Waals surface area contributed by atoms with Crippen molar-refractivity contribution in [2.75, 3.05) is 23.7 Å². The van der Waals surface area contributed by atoms with Crippen LogP contribution in [-0.2, 0) is 19.6 Å². The molecule has 5 nitrogen and oxygen atoms in total. The summed E-state index contributed by atoms with van der Waals surface area (Å²) in [5.41, 5.74) is 0.974. The third kappa shape index (κ3) is 4.11. The number of anilines is 1. The van der Waals surface area contributed by atoms with Crippen molar-refractivity contribution >= 4 is 33.3 Å². The lowest BCUT2D eigenvalue weighted by Crippen LogP contribution is -2.36. The van der Waals surface area contributed by atoms with Gasteiger partial charge in [-0.15, -0.1) is 0 Å². The average Bonchev–Trinajstić information content (AvgIpc) is 2.29. The molecule has 7 heteroatoms.